The smallest absolute Gasteiger partial charge is 0.0721 e. The molecule has 0 saturated carbocycles. The van der Waals surface area contributed by atoms with E-state index in [-0.39, 0.29) is 22.3 Å². The summed E-state index contributed by atoms with van der Waals surface area (Å²) in [5.74, 6) is -2.88. The van der Waals surface area contributed by atoms with Crippen LogP contribution in [-0.4, -0.2) is 11.9 Å². The summed E-state index contributed by atoms with van der Waals surface area (Å²) < 4.78 is 0. The SMILES string of the molecule is CCCc1ccc(Cl)c(-c2c(C(=O)[O-])ccc(C(=O)[O-])c2-c2cc(CCC)ccc2Cl)c1. The van der Waals surface area contributed by atoms with Gasteiger partial charge in [-0.2, -0.15) is 0 Å². The highest BCUT2D eigenvalue weighted by atomic mass is 35.5. The van der Waals surface area contributed by atoms with Crippen molar-refractivity contribution in [3.05, 3.63) is 80.8 Å². The Bertz CT molecular complexity index is 1090. The molecule has 32 heavy (non-hydrogen) atoms. The van der Waals surface area contributed by atoms with Crippen LogP contribution in [0.25, 0.3) is 22.3 Å². The van der Waals surface area contributed by atoms with Gasteiger partial charge < -0.3 is 19.8 Å². The molecule has 0 atom stereocenters. The number of aromatic carboxylic acids is 2. The lowest BCUT2D eigenvalue weighted by molar-refractivity contribution is -0.256. The Balaban J connectivity index is 2.48. The quantitative estimate of drug-likeness (QED) is 0.467. The number of rotatable bonds is 8. The first-order chi connectivity index (χ1) is 15.3. The minimum absolute atomic E-state index is 0.158. The van der Waals surface area contributed by atoms with E-state index in [1.807, 2.05) is 26.0 Å². The fourth-order valence-electron chi connectivity index (χ4n) is 3.92. The van der Waals surface area contributed by atoms with Crippen molar-refractivity contribution >= 4 is 35.1 Å². The highest BCUT2D eigenvalue weighted by molar-refractivity contribution is 6.35. The molecule has 3 aromatic carbocycles. The van der Waals surface area contributed by atoms with Crippen LogP contribution in [0.3, 0.4) is 0 Å². The summed E-state index contributed by atoms with van der Waals surface area (Å²) in [6.45, 7) is 4.06. The van der Waals surface area contributed by atoms with Crippen LogP contribution in [0, 0.1) is 0 Å². The van der Waals surface area contributed by atoms with Crippen molar-refractivity contribution in [3.63, 3.8) is 0 Å². The van der Waals surface area contributed by atoms with Crippen LogP contribution in [0.5, 0.6) is 0 Å². The third-order valence-corrected chi connectivity index (χ3v) is 5.98. The number of hydrogen-bond donors (Lipinski definition) is 0. The molecule has 3 rings (SSSR count). The zero-order chi connectivity index (χ0) is 23.4. The topological polar surface area (TPSA) is 80.3 Å². The summed E-state index contributed by atoms with van der Waals surface area (Å²) in [5.41, 5.74) is 2.70. The Labute approximate surface area is 197 Å². The zero-order valence-corrected chi connectivity index (χ0v) is 19.3. The van der Waals surface area contributed by atoms with Gasteiger partial charge in [-0.15, -0.1) is 0 Å². The second-order valence-electron chi connectivity index (χ2n) is 7.61. The van der Waals surface area contributed by atoms with Gasteiger partial charge in [0.2, 0.25) is 0 Å². The Hall–Kier alpha value is -2.82. The van der Waals surface area contributed by atoms with Crippen molar-refractivity contribution in [2.45, 2.75) is 39.5 Å². The van der Waals surface area contributed by atoms with Crippen LogP contribution in [0.1, 0.15) is 58.5 Å². The van der Waals surface area contributed by atoms with Crippen LogP contribution < -0.4 is 10.2 Å². The van der Waals surface area contributed by atoms with Crippen molar-refractivity contribution in [3.8, 4) is 22.3 Å². The lowest BCUT2D eigenvalue weighted by atomic mass is 9.85. The number of halogens is 2. The molecule has 0 amide bonds. The average molecular weight is 469 g/mol. The maximum Gasteiger partial charge on any atom is 0.0721 e. The monoisotopic (exact) mass is 468 g/mol. The first-order valence-corrected chi connectivity index (χ1v) is 11.2. The predicted molar refractivity (Wildman–Crippen MR) is 124 cm³/mol. The summed E-state index contributed by atoms with van der Waals surface area (Å²) >= 11 is 13.0. The molecular weight excluding hydrogens is 447 g/mol. The van der Waals surface area contributed by atoms with Crippen LogP contribution in [-0.2, 0) is 12.8 Å². The molecule has 0 unspecified atom stereocenters. The van der Waals surface area contributed by atoms with Gasteiger partial charge in [0.25, 0.3) is 0 Å². The summed E-state index contributed by atoms with van der Waals surface area (Å²) in [6.07, 6.45) is 3.27. The van der Waals surface area contributed by atoms with E-state index in [2.05, 4.69) is 0 Å². The van der Waals surface area contributed by atoms with Crippen molar-refractivity contribution in [2.24, 2.45) is 0 Å². The molecule has 0 bridgehead atoms. The van der Waals surface area contributed by atoms with Crippen LogP contribution in [0.15, 0.2) is 48.5 Å². The summed E-state index contributed by atoms with van der Waals surface area (Å²) in [7, 11) is 0. The van der Waals surface area contributed by atoms with E-state index in [1.165, 1.54) is 12.1 Å². The van der Waals surface area contributed by atoms with Gasteiger partial charge >= 0.3 is 0 Å². The Morgan fingerprint density at radius 3 is 1.38 bits per heavy atom. The molecule has 6 heteroatoms. The van der Waals surface area contributed by atoms with Crippen molar-refractivity contribution in [2.75, 3.05) is 0 Å². The number of carboxylic acid groups (broad SMARTS) is 2. The number of aryl methyl sites for hydroxylation is 2. The van der Waals surface area contributed by atoms with Crippen molar-refractivity contribution in [1.82, 2.24) is 0 Å². The lowest BCUT2D eigenvalue weighted by Gasteiger charge is -2.23. The maximum atomic E-state index is 12.1. The molecular formula is C26H22Cl2O4-2. The average Bonchev–Trinajstić information content (AvgIpc) is 2.75. The van der Waals surface area contributed by atoms with E-state index in [1.54, 1.807) is 24.3 Å². The first kappa shape index (κ1) is 23.8. The Morgan fingerprint density at radius 2 is 1.06 bits per heavy atom. The van der Waals surface area contributed by atoms with E-state index < -0.39 is 11.9 Å². The van der Waals surface area contributed by atoms with E-state index in [0.717, 1.165) is 36.8 Å². The molecule has 0 radical (unpaired) electrons. The number of carbonyl (C=O) groups is 2. The molecule has 0 aliphatic carbocycles. The second kappa shape index (κ2) is 10.2. The maximum absolute atomic E-state index is 12.1. The van der Waals surface area contributed by atoms with Gasteiger partial charge in [-0.3, -0.25) is 0 Å². The summed E-state index contributed by atoms with van der Waals surface area (Å²) in [4.78, 5) is 24.2. The van der Waals surface area contributed by atoms with E-state index in [4.69, 9.17) is 23.2 Å². The molecule has 0 aromatic heterocycles. The standard InChI is InChI=1S/C26H24Cl2O4/c1-3-5-15-7-11-21(27)19(13-15)23-17(25(29)30)9-10-18(26(31)32)24(23)20-14-16(6-4-2)8-12-22(20)28/h7-14H,3-6H2,1-2H3,(H,29,30)(H,31,32)/p-2. The summed E-state index contributed by atoms with van der Waals surface area (Å²) in [6, 6.07) is 13.1. The van der Waals surface area contributed by atoms with Gasteiger partial charge in [0.05, 0.1) is 11.9 Å². The normalized spacial score (nSPS) is 10.9. The molecule has 0 heterocycles. The van der Waals surface area contributed by atoms with Gasteiger partial charge in [-0.25, -0.2) is 0 Å². The fourth-order valence-corrected chi connectivity index (χ4v) is 4.34. The molecule has 3 aromatic rings. The van der Waals surface area contributed by atoms with Crippen molar-refractivity contribution < 1.29 is 19.8 Å². The van der Waals surface area contributed by atoms with Crippen LogP contribution in [0.2, 0.25) is 10.0 Å². The second-order valence-corrected chi connectivity index (χ2v) is 8.43. The fraction of sp³-hybridized carbons (Fsp3) is 0.231. The van der Waals surface area contributed by atoms with E-state index in [0.29, 0.717) is 21.2 Å². The number of benzene rings is 3. The van der Waals surface area contributed by atoms with Gasteiger partial charge in [0, 0.05) is 43.4 Å². The van der Waals surface area contributed by atoms with Crippen LogP contribution >= 0.6 is 23.2 Å². The predicted octanol–water partition coefficient (Wildman–Crippen LogP) is 4.96. The van der Waals surface area contributed by atoms with Gasteiger partial charge in [0.15, 0.2) is 0 Å². The van der Waals surface area contributed by atoms with Gasteiger partial charge in [0.1, 0.15) is 0 Å². The van der Waals surface area contributed by atoms with Crippen molar-refractivity contribution in [1.29, 1.82) is 0 Å². The van der Waals surface area contributed by atoms with E-state index in [9.17, 15) is 19.8 Å². The number of hydrogen-bond acceptors (Lipinski definition) is 4. The first-order valence-electron chi connectivity index (χ1n) is 10.5. The third-order valence-electron chi connectivity index (χ3n) is 5.32. The zero-order valence-electron chi connectivity index (χ0n) is 17.8. The molecule has 0 aliphatic rings. The lowest BCUT2D eigenvalue weighted by Crippen LogP contribution is -2.26. The molecule has 0 N–H and O–H groups in total. The third kappa shape index (κ3) is 4.82. The van der Waals surface area contributed by atoms with E-state index >= 15 is 0 Å². The molecule has 0 saturated heterocycles. The molecule has 166 valence electrons. The van der Waals surface area contributed by atoms with Crippen LogP contribution in [0.4, 0.5) is 0 Å². The minimum Gasteiger partial charge on any atom is -0.545 e. The largest absolute Gasteiger partial charge is 0.545 e. The molecule has 0 fully saturated rings. The molecule has 0 spiro atoms. The van der Waals surface area contributed by atoms with Gasteiger partial charge in [-0.05, 0) is 48.2 Å². The molecule has 4 nitrogen and oxygen atoms in total. The Kier molecular flexibility index (Phi) is 7.60. The number of carbonyl (C=O) groups excluding carboxylic acids is 2. The molecule has 0 aliphatic heterocycles. The Morgan fingerprint density at radius 1 is 0.688 bits per heavy atom. The number of carboxylic acids is 2. The highest BCUT2D eigenvalue weighted by Crippen LogP contribution is 2.43. The minimum atomic E-state index is -1.44. The summed E-state index contributed by atoms with van der Waals surface area (Å²) in [5, 5.41) is 24.8. The van der Waals surface area contributed by atoms with Gasteiger partial charge in [-0.1, -0.05) is 74.2 Å². The highest BCUT2D eigenvalue weighted by Gasteiger charge is 2.22.